The molecule has 0 saturated carbocycles. The van der Waals surface area contributed by atoms with Gasteiger partial charge in [-0.3, -0.25) is 9.30 Å². The molecule has 0 bridgehead atoms. The van der Waals surface area contributed by atoms with Crippen molar-refractivity contribution in [2.45, 2.75) is 24.7 Å². The van der Waals surface area contributed by atoms with Crippen molar-refractivity contribution in [1.29, 1.82) is 5.26 Å². The van der Waals surface area contributed by atoms with Gasteiger partial charge in [-0.1, -0.05) is 24.3 Å². The molecule has 1 fully saturated rings. The molecular formula is C22H20Cl2F3N7. The fraction of sp³-hybridized carbons (Fsp3) is 0.273. The van der Waals surface area contributed by atoms with Crippen molar-refractivity contribution in [1.82, 2.24) is 24.5 Å². The number of benzene rings is 1. The lowest BCUT2D eigenvalue weighted by atomic mass is 10.1. The van der Waals surface area contributed by atoms with Crippen LogP contribution in [0.2, 0.25) is 0 Å². The van der Waals surface area contributed by atoms with Gasteiger partial charge in [0.1, 0.15) is 17.8 Å². The molecule has 12 heteroatoms. The average Bonchev–Trinajstić information content (AvgIpc) is 3.38. The average molecular weight is 510 g/mol. The van der Waals surface area contributed by atoms with Crippen LogP contribution in [0, 0.1) is 11.3 Å². The Morgan fingerprint density at radius 1 is 1.09 bits per heavy atom. The normalized spacial score (nSPS) is 17.2. The second kappa shape index (κ2) is 9.72. The first kappa shape index (κ1) is 25.6. The lowest BCUT2D eigenvalue weighted by molar-refractivity contribution is -0.183. The van der Waals surface area contributed by atoms with Gasteiger partial charge in [-0.2, -0.15) is 18.4 Å². The van der Waals surface area contributed by atoms with Crippen LogP contribution in [0.15, 0.2) is 48.7 Å². The first-order valence-electron chi connectivity index (χ1n) is 10.1. The molecule has 1 saturated heterocycles. The van der Waals surface area contributed by atoms with Crippen molar-refractivity contribution in [3.63, 3.8) is 0 Å². The predicted molar refractivity (Wildman–Crippen MR) is 126 cm³/mol. The summed E-state index contributed by atoms with van der Waals surface area (Å²) in [6.07, 6.45) is -2.53. The number of halogens is 5. The van der Waals surface area contributed by atoms with Crippen molar-refractivity contribution in [2.24, 2.45) is 5.73 Å². The SMILES string of the molecule is Cl.Cl.N#Cc1cccc2ccc(-c3nnc4ccc([C@@H](N5CC[C@H](N)C5)C(F)(F)F)cn34)nc12. The molecule has 0 amide bonds. The predicted octanol–water partition coefficient (Wildman–Crippen LogP) is 4.30. The molecule has 0 radical (unpaired) electrons. The first-order valence-corrected chi connectivity index (χ1v) is 10.1. The third-order valence-corrected chi connectivity index (χ3v) is 5.74. The second-order valence-corrected chi connectivity index (χ2v) is 7.89. The summed E-state index contributed by atoms with van der Waals surface area (Å²) in [4.78, 5) is 5.92. The van der Waals surface area contributed by atoms with Crippen LogP contribution in [0.1, 0.15) is 23.6 Å². The Hall–Kier alpha value is -2.97. The molecular weight excluding hydrogens is 490 g/mol. The van der Waals surface area contributed by atoms with Gasteiger partial charge in [0.05, 0.1) is 11.1 Å². The Morgan fingerprint density at radius 3 is 2.56 bits per heavy atom. The van der Waals surface area contributed by atoms with Crippen LogP contribution in [0.5, 0.6) is 0 Å². The van der Waals surface area contributed by atoms with Gasteiger partial charge in [-0.15, -0.1) is 35.0 Å². The van der Waals surface area contributed by atoms with Crippen LogP contribution >= 0.6 is 24.8 Å². The highest BCUT2D eigenvalue weighted by Crippen LogP contribution is 2.39. The van der Waals surface area contributed by atoms with Crippen LogP contribution < -0.4 is 5.73 Å². The van der Waals surface area contributed by atoms with Crippen LogP contribution in [-0.2, 0) is 0 Å². The summed E-state index contributed by atoms with van der Waals surface area (Å²) in [6, 6.07) is 11.8. The molecule has 4 aromatic rings. The van der Waals surface area contributed by atoms with Gasteiger partial charge in [-0.25, -0.2) is 4.98 Å². The Bertz CT molecular complexity index is 1370. The number of hydrogen-bond donors (Lipinski definition) is 1. The highest BCUT2D eigenvalue weighted by molar-refractivity contribution is 5.86. The van der Waals surface area contributed by atoms with Crippen LogP contribution in [0.3, 0.4) is 0 Å². The second-order valence-electron chi connectivity index (χ2n) is 7.89. The highest BCUT2D eigenvalue weighted by Gasteiger charge is 2.46. The lowest BCUT2D eigenvalue weighted by Gasteiger charge is -2.30. The lowest BCUT2D eigenvalue weighted by Crippen LogP contribution is -2.38. The summed E-state index contributed by atoms with van der Waals surface area (Å²) < 4.78 is 43.6. The number of nitrogens with two attached hydrogens (primary N) is 1. The fourth-order valence-corrected chi connectivity index (χ4v) is 4.26. The summed E-state index contributed by atoms with van der Waals surface area (Å²) in [6.45, 7) is 0.460. The number of hydrogen-bond acceptors (Lipinski definition) is 6. The summed E-state index contributed by atoms with van der Waals surface area (Å²) in [7, 11) is 0. The molecule has 0 unspecified atom stereocenters. The molecule has 34 heavy (non-hydrogen) atoms. The molecule has 4 heterocycles. The van der Waals surface area contributed by atoms with Crippen molar-refractivity contribution >= 4 is 41.4 Å². The van der Waals surface area contributed by atoms with Crippen molar-refractivity contribution in [3.8, 4) is 17.6 Å². The zero-order chi connectivity index (χ0) is 22.5. The number of pyridine rings is 2. The number of rotatable bonds is 3. The maximum atomic E-state index is 14.0. The zero-order valence-corrected chi connectivity index (χ0v) is 19.2. The molecule has 3 aromatic heterocycles. The first-order chi connectivity index (χ1) is 15.3. The molecule has 0 spiro atoms. The van der Waals surface area contributed by atoms with E-state index in [1.807, 2.05) is 6.07 Å². The molecule has 5 rings (SSSR count). The maximum absolute atomic E-state index is 14.0. The number of nitrogens with zero attached hydrogens (tertiary/aromatic N) is 6. The fourth-order valence-electron chi connectivity index (χ4n) is 4.26. The summed E-state index contributed by atoms with van der Waals surface area (Å²) in [5, 5.41) is 18.4. The van der Waals surface area contributed by atoms with Gasteiger partial charge in [-0.05, 0) is 30.2 Å². The van der Waals surface area contributed by atoms with E-state index in [9.17, 15) is 18.4 Å². The minimum atomic E-state index is -4.46. The molecule has 1 aliphatic heterocycles. The smallest absolute Gasteiger partial charge is 0.326 e. The highest BCUT2D eigenvalue weighted by atomic mass is 35.5. The number of fused-ring (bicyclic) bond motifs is 2. The number of aromatic nitrogens is 4. The van der Waals surface area contributed by atoms with E-state index in [2.05, 4.69) is 21.3 Å². The monoisotopic (exact) mass is 509 g/mol. The van der Waals surface area contributed by atoms with Gasteiger partial charge in [0.25, 0.3) is 0 Å². The van der Waals surface area contributed by atoms with E-state index in [0.29, 0.717) is 34.7 Å². The molecule has 0 aliphatic carbocycles. The van der Waals surface area contributed by atoms with E-state index < -0.39 is 12.2 Å². The van der Waals surface area contributed by atoms with E-state index in [1.165, 1.54) is 27.6 Å². The third-order valence-electron chi connectivity index (χ3n) is 5.74. The molecule has 1 aliphatic rings. The van der Waals surface area contributed by atoms with E-state index in [0.717, 1.165) is 5.39 Å². The molecule has 2 atom stereocenters. The van der Waals surface area contributed by atoms with Crippen LogP contribution in [0.4, 0.5) is 13.2 Å². The molecule has 178 valence electrons. The minimum absolute atomic E-state index is 0. The van der Waals surface area contributed by atoms with Gasteiger partial charge < -0.3 is 5.73 Å². The quantitative estimate of drug-likeness (QED) is 0.442. The third kappa shape index (κ3) is 4.52. The van der Waals surface area contributed by atoms with Crippen LogP contribution in [0.25, 0.3) is 28.1 Å². The van der Waals surface area contributed by atoms with Gasteiger partial charge in [0.15, 0.2) is 11.5 Å². The van der Waals surface area contributed by atoms with Crippen LogP contribution in [-0.4, -0.2) is 49.8 Å². The summed E-state index contributed by atoms with van der Waals surface area (Å²) in [5.41, 5.74) is 7.66. The Labute approximate surface area is 205 Å². The van der Waals surface area contributed by atoms with Crippen molar-refractivity contribution in [2.75, 3.05) is 13.1 Å². The molecule has 7 nitrogen and oxygen atoms in total. The number of alkyl halides is 3. The topological polar surface area (TPSA) is 96.1 Å². The molecule has 2 N–H and O–H groups in total. The summed E-state index contributed by atoms with van der Waals surface area (Å²) in [5.74, 6) is 0.301. The number of para-hydroxylation sites is 1. The maximum Gasteiger partial charge on any atom is 0.408 e. The zero-order valence-electron chi connectivity index (χ0n) is 17.6. The van der Waals surface area contributed by atoms with Gasteiger partial charge in [0, 0.05) is 30.7 Å². The number of likely N-dealkylation sites (tertiary alicyclic amines) is 1. The number of nitriles is 1. The standard InChI is InChI=1S/C22H18F3N7.2ClH/c23-22(24,25)20(31-9-8-16(27)12-31)15-5-7-18-29-30-21(32(18)11-15)17-6-4-13-2-1-3-14(10-26)19(13)28-17;;/h1-7,11,16,20H,8-9,12,27H2;2*1H/t16-,20+;;/m0../s1. The van der Waals surface area contributed by atoms with E-state index in [-0.39, 0.29) is 49.5 Å². The van der Waals surface area contributed by atoms with Gasteiger partial charge >= 0.3 is 6.18 Å². The minimum Gasteiger partial charge on any atom is -0.326 e. The van der Waals surface area contributed by atoms with Gasteiger partial charge in [0.2, 0.25) is 0 Å². The van der Waals surface area contributed by atoms with Crippen molar-refractivity contribution in [3.05, 3.63) is 59.8 Å². The van der Waals surface area contributed by atoms with E-state index >= 15 is 0 Å². The Morgan fingerprint density at radius 2 is 1.88 bits per heavy atom. The summed E-state index contributed by atoms with van der Waals surface area (Å²) >= 11 is 0. The Balaban J connectivity index is 0.00000162. The van der Waals surface area contributed by atoms with E-state index in [1.54, 1.807) is 24.3 Å². The molecule has 1 aromatic carbocycles. The van der Waals surface area contributed by atoms with Crippen molar-refractivity contribution < 1.29 is 13.2 Å². The largest absolute Gasteiger partial charge is 0.408 e. The van der Waals surface area contributed by atoms with E-state index in [4.69, 9.17) is 5.73 Å². The Kier molecular flexibility index (Phi) is 7.33.